The summed E-state index contributed by atoms with van der Waals surface area (Å²) in [6.45, 7) is 3.09. The van der Waals surface area contributed by atoms with Crippen LogP contribution in [0.3, 0.4) is 0 Å². The molecule has 2 N–H and O–H groups in total. The quantitative estimate of drug-likeness (QED) is 0.750. The standard InChI is InChI=1S/C19H21ClN2O2/c1-2-3-12-21-18(23)14-8-10-15(11-9-14)19(24)22-13-16-6-4-5-7-17(16)20/h4-11H,2-3,12-13H2,1H3,(H,21,23)(H,22,24). The van der Waals surface area contributed by atoms with Crippen molar-refractivity contribution in [1.29, 1.82) is 0 Å². The normalized spacial score (nSPS) is 10.2. The van der Waals surface area contributed by atoms with Gasteiger partial charge in [-0.05, 0) is 42.3 Å². The Morgan fingerprint density at radius 3 is 2.08 bits per heavy atom. The average Bonchev–Trinajstić information content (AvgIpc) is 2.61. The molecule has 0 fully saturated rings. The Morgan fingerprint density at radius 2 is 1.50 bits per heavy atom. The molecule has 0 bridgehead atoms. The molecule has 0 saturated heterocycles. The van der Waals surface area contributed by atoms with Crippen LogP contribution in [0.4, 0.5) is 0 Å². The smallest absolute Gasteiger partial charge is 0.251 e. The molecule has 0 radical (unpaired) electrons. The lowest BCUT2D eigenvalue weighted by molar-refractivity contribution is 0.0940. The van der Waals surface area contributed by atoms with Crippen molar-refractivity contribution < 1.29 is 9.59 Å². The minimum Gasteiger partial charge on any atom is -0.352 e. The highest BCUT2D eigenvalue weighted by molar-refractivity contribution is 6.31. The lowest BCUT2D eigenvalue weighted by Gasteiger charge is -2.08. The Balaban J connectivity index is 1.91. The monoisotopic (exact) mass is 344 g/mol. The van der Waals surface area contributed by atoms with Crippen molar-refractivity contribution in [2.75, 3.05) is 6.54 Å². The van der Waals surface area contributed by atoms with Crippen LogP contribution in [0.15, 0.2) is 48.5 Å². The number of halogens is 1. The van der Waals surface area contributed by atoms with Crippen molar-refractivity contribution in [2.45, 2.75) is 26.3 Å². The second kappa shape index (κ2) is 9.08. The Bertz CT molecular complexity index is 699. The summed E-state index contributed by atoms with van der Waals surface area (Å²) in [6, 6.07) is 14.0. The van der Waals surface area contributed by atoms with Gasteiger partial charge in [-0.25, -0.2) is 0 Å². The van der Waals surface area contributed by atoms with Crippen molar-refractivity contribution in [2.24, 2.45) is 0 Å². The first kappa shape index (κ1) is 18.0. The first-order valence-corrected chi connectivity index (χ1v) is 8.39. The van der Waals surface area contributed by atoms with Crippen LogP contribution in [0.2, 0.25) is 5.02 Å². The average molecular weight is 345 g/mol. The van der Waals surface area contributed by atoms with Gasteiger partial charge in [0.1, 0.15) is 0 Å². The number of unbranched alkanes of at least 4 members (excludes halogenated alkanes) is 1. The van der Waals surface area contributed by atoms with E-state index in [9.17, 15) is 9.59 Å². The van der Waals surface area contributed by atoms with E-state index in [2.05, 4.69) is 17.6 Å². The van der Waals surface area contributed by atoms with Crippen molar-refractivity contribution in [3.05, 3.63) is 70.2 Å². The highest BCUT2D eigenvalue weighted by Crippen LogP contribution is 2.14. The van der Waals surface area contributed by atoms with Crippen LogP contribution in [0, 0.1) is 0 Å². The van der Waals surface area contributed by atoms with Crippen LogP contribution in [-0.4, -0.2) is 18.4 Å². The summed E-state index contributed by atoms with van der Waals surface area (Å²) in [5.74, 6) is -0.320. The minimum absolute atomic E-state index is 0.119. The van der Waals surface area contributed by atoms with Crippen LogP contribution in [0.25, 0.3) is 0 Å². The third kappa shape index (κ3) is 5.10. The van der Waals surface area contributed by atoms with Crippen molar-refractivity contribution in [3.63, 3.8) is 0 Å². The maximum Gasteiger partial charge on any atom is 0.251 e. The number of amides is 2. The summed E-state index contributed by atoms with van der Waals surface area (Å²) in [5, 5.41) is 6.29. The molecule has 0 aliphatic heterocycles. The van der Waals surface area contributed by atoms with Gasteiger partial charge in [-0.1, -0.05) is 43.1 Å². The van der Waals surface area contributed by atoms with Gasteiger partial charge in [0.25, 0.3) is 11.8 Å². The van der Waals surface area contributed by atoms with Crippen LogP contribution >= 0.6 is 11.6 Å². The first-order valence-electron chi connectivity index (χ1n) is 8.01. The molecule has 2 rings (SSSR count). The van der Waals surface area contributed by atoms with Crippen molar-refractivity contribution in [1.82, 2.24) is 10.6 Å². The van der Waals surface area contributed by atoms with Gasteiger partial charge in [-0.2, -0.15) is 0 Å². The van der Waals surface area contributed by atoms with E-state index in [-0.39, 0.29) is 11.8 Å². The SMILES string of the molecule is CCCCNC(=O)c1ccc(C(=O)NCc2ccccc2Cl)cc1. The molecule has 2 amide bonds. The lowest BCUT2D eigenvalue weighted by atomic mass is 10.1. The fourth-order valence-corrected chi connectivity index (χ4v) is 2.38. The van der Waals surface area contributed by atoms with Crippen molar-refractivity contribution in [3.8, 4) is 0 Å². The Kier molecular flexibility index (Phi) is 6.82. The van der Waals surface area contributed by atoms with Crippen LogP contribution in [0.5, 0.6) is 0 Å². The Labute approximate surface area is 147 Å². The fraction of sp³-hybridized carbons (Fsp3) is 0.263. The summed E-state index contributed by atoms with van der Waals surface area (Å²) in [4.78, 5) is 24.1. The zero-order chi connectivity index (χ0) is 17.4. The topological polar surface area (TPSA) is 58.2 Å². The molecule has 2 aromatic rings. The van der Waals surface area contributed by atoms with E-state index in [0.29, 0.717) is 29.2 Å². The molecule has 4 nitrogen and oxygen atoms in total. The number of nitrogens with one attached hydrogen (secondary N) is 2. The molecule has 0 saturated carbocycles. The molecule has 126 valence electrons. The maximum atomic E-state index is 12.2. The summed E-state index contributed by atoms with van der Waals surface area (Å²) in [7, 11) is 0. The molecule has 0 spiro atoms. The van der Waals surface area contributed by atoms with E-state index in [0.717, 1.165) is 18.4 Å². The molecule has 5 heteroatoms. The summed E-state index contributed by atoms with van der Waals surface area (Å²) in [5.41, 5.74) is 1.92. The van der Waals surface area contributed by atoms with Gasteiger partial charge in [0, 0.05) is 29.2 Å². The second-order valence-corrected chi connectivity index (χ2v) is 5.87. The van der Waals surface area contributed by atoms with Gasteiger partial charge in [0.15, 0.2) is 0 Å². The molecule has 0 heterocycles. The highest BCUT2D eigenvalue weighted by atomic mass is 35.5. The number of carbonyl (C=O) groups is 2. The molecule has 0 aromatic heterocycles. The number of carbonyl (C=O) groups excluding carboxylic acids is 2. The molecular weight excluding hydrogens is 324 g/mol. The number of hydrogen-bond donors (Lipinski definition) is 2. The van der Waals surface area contributed by atoms with E-state index >= 15 is 0 Å². The molecule has 2 aromatic carbocycles. The largest absolute Gasteiger partial charge is 0.352 e. The van der Waals surface area contributed by atoms with E-state index < -0.39 is 0 Å². The first-order chi connectivity index (χ1) is 11.6. The van der Waals surface area contributed by atoms with Gasteiger partial charge in [0.05, 0.1) is 0 Å². The molecular formula is C19H21ClN2O2. The highest BCUT2D eigenvalue weighted by Gasteiger charge is 2.09. The van der Waals surface area contributed by atoms with Crippen LogP contribution in [-0.2, 0) is 6.54 Å². The van der Waals surface area contributed by atoms with Crippen LogP contribution in [0.1, 0.15) is 46.0 Å². The van der Waals surface area contributed by atoms with E-state index in [4.69, 9.17) is 11.6 Å². The number of hydrogen-bond acceptors (Lipinski definition) is 2. The van der Waals surface area contributed by atoms with E-state index in [1.165, 1.54) is 0 Å². The minimum atomic E-state index is -0.201. The molecule has 0 aliphatic carbocycles. The van der Waals surface area contributed by atoms with Crippen molar-refractivity contribution >= 4 is 23.4 Å². The van der Waals surface area contributed by atoms with Gasteiger partial charge in [-0.15, -0.1) is 0 Å². The number of rotatable bonds is 7. The molecule has 0 aliphatic rings. The van der Waals surface area contributed by atoms with Gasteiger partial charge in [0.2, 0.25) is 0 Å². The van der Waals surface area contributed by atoms with Gasteiger partial charge >= 0.3 is 0 Å². The summed E-state index contributed by atoms with van der Waals surface area (Å²) in [6.07, 6.45) is 1.99. The summed E-state index contributed by atoms with van der Waals surface area (Å²) < 4.78 is 0. The molecule has 24 heavy (non-hydrogen) atoms. The van der Waals surface area contributed by atoms with E-state index in [1.807, 2.05) is 18.2 Å². The molecule has 0 atom stereocenters. The zero-order valence-corrected chi connectivity index (χ0v) is 14.4. The third-order valence-electron chi connectivity index (χ3n) is 3.62. The predicted molar refractivity (Wildman–Crippen MR) is 96.3 cm³/mol. The summed E-state index contributed by atoms with van der Waals surface area (Å²) >= 11 is 6.07. The Morgan fingerprint density at radius 1 is 0.917 bits per heavy atom. The van der Waals surface area contributed by atoms with Gasteiger partial charge < -0.3 is 10.6 Å². The maximum absolute atomic E-state index is 12.2. The van der Waals surface area contributed by atoms with E-state index in [1.54, 1.807) is 30.3 Å². The lowest BCUT2D eigenvalue weighted by Crippen LogP contribution is -2.25. The second-order valence-electron chi connectivity index (χ2n) is 5.46. The zero-order valence-electron chi connectivity index (χ0n) is 13.6. The number of benzene rings is 2. The third-order valence-corrected chi connectivity index (χ3v) is 3.99. The molecule has 0 unspecified atom stereocenters. The van der Waals surface area contributed by atoms with Gasteiger partial charge in [-0.3, -0.25) is 9.59 Å². The fourth-order valence-electron chi connectivity index (χ4n) is 2.17. The predicted octanol–water partition coefficient (Wildman–Crippen LogP) is 3.80. The van der Waals surface area contributed by atoms with Crippen LogP contribution < -0.4 is 10.6 Å². The Hall–Kier alpha value is -2.33.